The molecule has 0 radical (unpaired) electrons. The van der Waals surface area contributed by atoms with Gasteiger partial charge in [-0.05, 0) is 25.0 Å². The lowest BCUT2D eigenvalue weighted by atomic mass is 10.3. The summed E-state index contributed by atoms with van der Waals surface area (Å²) in [6, 6.07) is 1.92. The van der Waals surface area contributed by atoms with Gasteiger partial charge in [0.1, 0.15) is 5.76 Å². The van der Waals surface area contributed by atoms with Gasteiger partial charge in [-0.25, -0.2) is 5.84 Å². The van der Waals surface area contributed by atoms with Crippen LogP contribution < -0.4 is 11.3 Å². The molecule has 4 nitrogen and oxygen atoms in total. The molecule has 0 aliphatic heterocycles. The zero-order valence-corrected chi connectivity index (χ0v) is 9.76. The zero-order chi connectivity index (χ0) is 11.3. The number of hydrogen-bond acceptors (Lipinski definition) is 4. The van der Waals surface area contributed by atoms with E-state index < -0.39 is 0 Å². The summed E-state index contributed by atoms with van der Waals surface area (Å²) in [4.78, 5) is 11.3. The van der Waals surface area contributed by atoms with E-state index in [4.69, 9.17) is 10.3 Å². The number of hydrazine groups is 1. The summed E-state index contributed by atoms with van der Waals surface area (Å²) in [6.07, 6.45) is 2.42. The van der Waals surface area contributed by atoms with Crippen LogP contribution >= 0.6 is 11.8 Å². The monoisotopic (exact) mass is 228 g/mol. The molecule has 0 aliphatic carbocycles. The molecule has 0 aliphatic rings. The average Bonchev–Trinajstić information content (AvgIpc) is 2.65. The van der Waals surface area contributed by atoms with E-state index >= 15 is 0 Å². The number of amides is 1. The Morgan fingerprint density at radius 1 is 1.73 bits per heavy atom. The third kappa shape index (κ3) is 3.28. The molecule has 0 bridgehead atoms. The number of nitrogens with two attached hydrogens (primary N) is 1. The van der Waals surface area contributed by atoms with Gasteiger partial charge in [-0.1, -0.05) is 6.92 Å². The van der Waals surface area contributed by atoms with E-state index in [0.29, 0.717) is 5.75 Å². The maximum absolute atomic E-state index is 11.3. The van der Waals surface area contributed by atoms with Crippen molar-refractivity contribution < 1.29 is 9.21 Å². The fourth-order valence-corrected chi connectivity index (χ4v) is 2.30. The number of nitrogens with one attached hydrogen (secondary N) is 1. The van der Waals surface area contributed by atoms with Crippen molar-refractivity contribution in [2.24, 2.45) is 5.84 Å². The molecule has 0 fully saturated rings. The van der Waals surface area contributed by atoms with Gasteiger partial charge in [-0.15, -0.1) is 11.8 Å². The molecule has 1 aromatic heterocycles. The van der Waals surface area contributed by atoms with Crippen LogP contribution in [0.5, 0.6) is 0 Å². The van der Waals surface area contributed by atoms with Gasteiger partial charge in [0.25, 0.3) is 0 Å². The average molecular weight is 228 g/mol. The Hall–Kier alpha value is -0.940. The van der Waals surface area contributed by atoms with Crippen LogP contribution in [0.2, 0.25) is 0 Å². The highest BCUT2D eigenvalue weighted by molar-refractivity contribution is 7.99. The molecular formula is C10H16N2O2S. The summed E-state index contributed by atoms with van der Waals surface area (Å²) in [5, 5.41) is -0.112. The van der Waals surface area contributed by atoms with Gasteiger partial charge in [0.15, 0.2) is 0 Å². The van der Waals surface area contributed by atoms with Crippen molar-refractivity contribution in [1.29, 1.82) is 0 Å². The van der Waals surface area contributed by atoms with Gasteiger partial charge < -0.3 is 4.42 Å². The van der Waals surface area contributed by atoms with Crippen molar-refractivity contribution >= 4 is 17.7 Å². The molecule has 0 saturated heterocycles. The Bertz CT molecular complexity index is 325. The fraction of sp³-hybridized carbons (Fsp3) is 0.500. The van der Waals surface area contributed by atoms with Gasteiger partial charge in [-0.2, -0.15) is 0 Å². The predicted octanol–water partition coefficient (Wildman–Crippen LogP) is 1.59. The normalized spacial score (nSPS) is 12.5. The first-order valence-corrected chi connectivity index (χ1v) is 5.89. The van der Waals surface area contributed by atoms with Crippen molar-refractivity contribution in [3.05, 3.63) is 23.7 Å². The van der Waals surface area contributed by atoms with Gasteiger partial charge in [0, 0.05) is 0 Å². The third-order valence-electron chi connectivity index (χ3n) is 2.19. The number of carbonyl (C=O) groups excluding carboxylic acids is 1. The Morgan fingerprint density at radius 3 is 2.93 bits per heavy atom. The standard InChI is InChI=1S/C10H16N2O2S/c1-3-9(10(13)12-11)15-6-8-7(2)4-5-14-8/h4-5,9H,3,6,11H2,1-2H3,(H,12,13). The molecule has 1 unspecified atom stereocenters. The molecule has 1 atom stereocenters. The van der Waals surface area contributed by atoms with Crippen LogP contribution in [0, 0.1) is 6.92 Å². The summed E-state index contributed by atoms with van der Waals surface area (Å²) in [7, 11) is 0. The molecule has 5 heteroatoms. The number of carbonyl (C=O) groups is 1. The van der Waals surface area contributed by atoms with E-state index in [9.17, 15) is 4.79 Å². The summed E-state index contributed by atoms with van der Waals surface area (Å²) in [6.45, 7) is 3.95. The Morgan fingerprint density at radius 2 is 2.47 bits per heavy atom. The van der Waals surface area contributed by atoms with Gasteiger partial charge in [0.2, 0.25) is 5.91 Å². The summed E-state index contributed by atoms with van der Waals surface area (Å²) < 4.78 is 5.29. The predicted molar refractivity (Wildman–Crippen MR) is 61.1 cm³/mol. The van der Waals surface area contributed by atoms with Gasteiger partial charge in [-0.3, -0.25) is 10.2 Å². The highest BCUT2D eigenvalue weighted by atomic mass is 32.2. The second-order valence-corrected chi connectivity index (χ2v) is 4.43. The molecule has 84 valence electrons. The number of hydrogen-bond donors (Lipinski definition) is 2. The van der Waals surface area contributed by atoms with Gasteiger partial charge >= 0.3 is 0 Å². The Kier molecular flexibility index (Phi) is 4.71. The maximum atomic E-state index is 11.3. The topological polar surface area (TPSA) is 68.3 Å². The first kappa shape index (κ1) is 12.1. The number of furan rings is 1. The van der Waals surface area contributed by atoms with Crippen LogP contribution in [0.1, 0.15) is 24.7 Å². The molecule has 15 heavy (non-hydrogen) atoms. The lowest BCUT2D eigenvalue weighted by Crippen LogP contribution is -2.37. The smallest absolute Gasteiger partial charge is 0.246 e. The third-order valence-corrected chi connectivity index (χ3v) is 3.57. The maximum Gasteiger partial charge on any atom is 0.246 e. The Labute approximate surface area is 93.6 Å². The highest BCUT2D eigenvalue weighted by Gasteiger charge is 2.16. The molecular weight excluding hydrogens is 212 g/mol. The molecule has 1 amide bonds. The molecule has 1 rings (SSSR count). The highest BCUT2D eigenvalue weighted by Crippen LogP contribution is 2.22. The number of aryl methyl sites for hydroxylation is 1. The lowest BCUT2D eigenvalue weighted by Gasteiger charge is -2.11. The number of thioether (sulfide) groups is 1. The summed E-state index contributed by atoms with van der Waals surface area (Å²) in [5.74, 6) is 6.58. The van der Waals surface area contributed by atoms with Crippen LogP contribution in [0.15, 0.2) is 16.7 Å². The largest absolute Gasteiger partial charge is 0.468 e. The van der Waals surface area contributed by atoms with E-state index in [1.165, 1.54) is 0 Å². The zero-order valence-electron chi connectivity index (χ0n) is 8.95. The van der Waals surface area contributed by atoms with Crippen LogP contribution in [0.3, 0.4) is 0 Å². The lowest BCUT2D eigenvalue weighted by molar-refractivity contribution is -0.120. The second kappa shape index (κ2) is 5.82. The van der Waals surface area contributed by atoms with E-state index in [0.717, 1.165) is 17.7 Å². The molecule has 0 saturated carbocycles. The molecule has 0 spiro atoms. The SMILES string of the molecule is CCC(SCc1occc1C)C(=O)NN. The van der Waals surface area contributed by atoms with Crippen molar-refractivity contribution in [2.45, 2.75) is 31.3 Å². The Balaban J connectivity index is 2.48. The fourth-order valence-electron chi connectivity index (χ4n) is 1.20. The minimum atomic E-state index is -0.133. The first-order chi connectivity index (χ1) is 7.19. The van der Waals surface area contributed by atoms with Crippen LogP contribution in [0.4, 0.5) is 0 Å². The summed E-state index contributed by atoms with van der Waals surface area (Å²) in [5.41, 5.74) is 3.29. The van der Waals surface area contributed by atoms with Crippen LogP contribution in [0.25, 0.3) is 0 Å². The molecule has 0 aromatic carbocycles. The van der Waals surface area contributed by atoms with Gasteiger partial charge in [0.05, 0.1) is 17.3 Å². The van der Waals surface area contributed by atoms with Crippen LogP contribution in [-0.4, -0.2) is 11.2 Å². The van der Waals surface area contributed by atoms with E-state index in [2.05, 4.69) is 5.43 Å². The first-order valence-electron chi connectivity index (χ1n) is 4.84. The summed E-state index contributed by atoms with van der Waals surface area (Å²) >= 11 is 1.54. The van der Waals surface area contributed by atoms with Crippen molar-refractivity contribution in [1.82, 2.24) is 5.43 Å². The molecule has 1 heterocycles. The van der Waals surface area contributed by atoms with Crippen molar-refractivity contribution in [2.75, 3.05) is 0 Å². The quantitative estimate of drug-likeness (QED) is 0.456. The minimum absolute atomic E-state index is 0.112. The minimum Gasteiger partial charge on any atom is -0.468 e. The van der Waals surface area contributed by atoms with Crippen LogP contribution in [-0.2, 0) is 10.5 Å². The van der Waals surface area contributed by atoms with Crippen molar-refractivity contribution in [3.63, 3.8) is 0 Å². The van der Waals surface area contributed by atoms with E-state index in [-0.39, 0.29) is 11.2 Å². The second-order valence-electron chi connectivity index (χ2n) is 3.24. The van der Waals surface area contributed by atoms with E-state index in [1.54, 1.807) is 18.0 Å². The molecule has 3 N–H and O–H groups in total. The van der Waals surface area contributed by atoms with E-state index in [1.807, 2.05) is 19.9 Å². The number of rotatable bonds is 5. The van der Waals surface area contributed by atoms with Crippen molar-refractivity contribution in [3.8, 4) is 0 Å². The molecule has 1 aromatic rings.